The van der Waals surface area contributed by atoms with Gasteiger partial charge in [0.1, 0.15) is 5.70 Å². The molecule has 0 saturated carbocycles. The zero-order valence-corrected chi connectivity index (χ0v) is 12.2. The number of nitrogens with one attached hydrogen (secondary N) is 1. The summed E-state index contributed by atoms with van der Waals surface area (Å²) in [6.07, 6.45) is 2.40. The Morgan fingerprint density at radius 3 is 2.90 bits per heavy atom. The topological polar surface area (TPSA) is 61.8 Å². The molecule has 106 valence electrons. The molecule has 1 aliphatic rings. The number of carbonyl (C=O) groups excluding carboxylic acids is 1. The van der Waals surface area contributed by atoms with Gasteiger partial charge in [-0.1, -0.05) is 19.1 Å². The van der Waals surface area contributed by atoms with E-state index in [1.54, 1.807) is 24.3 Å². The summed E-state index contributed by atoms with van der Waals surface area (Å²) in [5.74, 6) is 0.175. The van der Waals surface area contributed by atoms with Gasteiger partial charge in [0.15, 0.2) is 16.6 Å². The first kappa shape index (κ1) is 14.3. The first-order chi connectivity index (χ1) is 9.58. The van der Waals surface area contributed by atoms with E-state index in [1.165, 1.54) is 12.0 Å². The van der Waals surface area contributed by atoms with Crippen molar-refractivity contribution in [2.75, 3.05) is 13.7 Å². The fourth-order valence-electron chi connectivity index (χ4n) is 1.97. The summed E-state index contributed by atoms with van der Waals surface area (Å²) in [6.45, 7) is 2.55. The molecule has 1 heterocycles. The number of phenolic OH excluding ortho intramolecular Hbond substituents is 1. The summed E-state index contributed by atoms with van der Waals surface area (Å²) < 4.78 is 5.04. The molecule has 1 aliphatic heterocycles. The van der Waals surface area contributed by atoms with Gasteiger partial charge in [-0.05, 0) is 30.8 Å². The van der Waals surface area contributed by atoms with Crippen LogP contribution in [-0.4, -0.2) is 34.7 Å². The largest absolute Gasteiger partial charge is 0.504 e. The third-order valence-corrected chi connectivity index (χ3v) is 3.28. The molecular formula is C14H16N2O3S. The van der Waals surface area contributed by atoms with Gasteiger partial charge in [0.2, 0.25) is 0 Å². The Morgan fingerprint density at radius 2 is 2.25 bits per heavy atom. The number of hydrogen-bond acceptors (Lipinski definition) is 4. The van der Waals surface area contributed by atoms with E-state index in [1.807, 2.05) is 6.92 Å². The minimum Gasteiger partial charge on any atom is -0.504 e. The van der Waals surface area contributed by atoms with Gasteiger partial charge >= 0.3 is 0 Å². The Kier molecular flexibility index (Phi) is 4.24. The smallest absolute Gasteiger partial charge is 0.276 e. The lowest BCUT2D eigenvalue weighted by Crippen LogP contribution is -2.31. The molecule has 0 aromatic heterocycles. The molecule has 0 unspecified atom stereocenters. The van der Waals surface area contributed by atoms with Gasteiger partial charge in [-0.3, -0.25) is 9.69 Å². The lowest BCUT2D eigenvalue weighted by atomic mass is 10.1. The van der Waals surface area contributed by atoms with Crippen LogP contribution in [0.3, 0.4) is 0 Å². The predicted molar refractivity (Wildman–Crippen MR) is 80.4 cm³/mol. The summed E-state index contributed by atoms with van der Waals surface area (Å²) in [5, 5.41) is 13.3. The zero-order valence-electron chi connectivity index (χ0n) is 11.3. The number of carbonyl (C=O) groups is 1. The number of thiocarbonyl (C=S) groups is 1. The van der Waals surface area contributed by atoms with Crippen molar-refractivity contribution in [3.05, 3.63) is 29.5 Å². The first-order valence-corrected chi connectivity index (χ1v) is 6.69. The van der Waals surface area contributed by atoms with Crippen molar-refractivity contribution in [1.29, 1.82) is 0 Å². The minimum atomic E-state index is -0.181. The lowest BCUT2D eigenvalue weighted by Gasteiger charge is -2.11. The number of aromatic hydroxyl groups is 1. The van der Waals surface area contributed by atoms with Crippen LogP contribution in [0.15, 0.2) is 23.9 Å². The van der Waals surface area contributed by atoms with Crippen molar-refractivity contribution < 1.29 is 14.6 Å². The molecule has 1 aromatic carbocycles. The van der Waals surface area contributed by atoms with Crippen LogP contribution in [0.5, 0.6) is 11.5 Å². The van der Waals surface area contributed by atoms with Gasteiger partial charge in [0.25, 0.3) is 5.91 Å². The molecule has 0 aliphatic carbocycles. The number of phenols is 1. The molecule has 6 heteroatoms. The highest BCUT2D eigenvalue weighted by atomic mass is 32.1. The molecule has 1 aromatic rings. The molecule has 2 rings (SSSR count). The maximum atomic E-state index is 12.2. The molecule has 5 nitrogen and oxygen atoms in total. The number of rotatable bonds is 4. The van der Waals surface area contributed by atoms with Crippen LogP contribution in [0.4, 0.5) is 0 Å². The van der Waals surface area contributed by atoms with E-state index in [0.29, 0.717) is 28.7 Å². The van der Waals surface area contributed by atoms with E-state index >= 15 is 0 Å². The van der Waals surface area contributed by atoms with Crippen molar-refractivity contribution in [3.63, 3.8) is 0 Å². The summed E-state index contributed by atoms with van der Waals surface area (Å²) in [4.78, 5) is 13.7. The Hall–Kier alpha value is -2.08. The fourth-order valence-corrected chi connectivity index (χ4v) is 2.26. The number of nitrogens with zero attached hydrogens (tertiary/aromatic N) is 1. The van der Waals surface area contributed by atoms with Gasteiger partial charge in [-0.25, -0.2) is 0 Å². The lowest BCUT2D eigenvalue weighted by molar-refractivity contribution is -0.122. The average molecular weight is 292 g/mol. The molecular weight excluding hydrogens is 276 g/mol. The normalized spacial score (nSPS) is 16.7. The Morgan fingerprint density at radius 1 is 1.50 bits per heavy atom. The van der Waals surface area contributed by atoms with Crippen molar-refractivity contribution in [2.45, 2.75) is 13.3 Å². The summed E-state index contributed by atoms with van der Waals surface area (Å²) in [5.41, 5.74) is 0.855. The van der Waals surface area contributed by atoms with Gasteiger partial charge in [0, 0.05) is 12.1 Å². The number of hydrogen-bond donors (Lipinski definition) is 2. The Bertz CT molecular complexity index is 584. The van der Waals surface area contributed by atoms with Crippen LogP contribution in [0.2, 0.25) is 0 Å². The predicted octanol–water partition coefficient (Wildman–Crippen LogP) is 1.87. The van der Waals surface area contributed by atoms with Crippen LogP contribution < -0.4 is 10.1 Å². The molecule has 0 radical (unpaired) electrons. The monoisotopic (exact) mass is 292 g/mol. The minimum absolute atomic E-state index is 0.00281. The standard InChI is InChI=1S/C14H16N2O3S/c1-3-7-16-13(18)10(15-14(16)20)8-9-5-4-6-11(19-2)12(9)17/h4-6,8,17H,3,7H2,1-2H3,(H,15,20)/b10-8-. The molecule has 1 amide bonds. The number of amides is 1. The number of ether oxygens (including phenoxy) is 1. The second-order valence-electron chi connectivity index (χ2n) is 4.34. The van der Waals surface area contributed by atoms with Crippen LogP contribution in [0, 0.1) is 0 Å². The third-order valence-electron chi connectivity index (χ3n) is 2.96. The molecule has 20 heavy (non-hydrogen) atoms. The van der Waals surface area contributed by atoms with E-state index in [9.17, 15) is 9.90 Å². The van der Waals surface area contributed by atoms with E-state index in [0.717, 1.165) is 6.42 Å². The summed E-state index contributed by atoms with van der Waals surface area (Å²) >= 11 is 5.12. The number of para-hydroxylation sites is 1. The van der Waals surface area contributed by atoms with Crippen LogP contribution in [0.1, 0.15) is 18.9 Å². The highest BCUT2D eigenvalue weighted by molar-refractivity contribution is 7.80. The van der Waals surface area contributed by atoms with E-state index in [-0.39, 0.29) is 11.7 Å². The molecule has 2 N–H and O–H groups in total. The molecule has 0 bridgehead atoms. The number of benzene rings is 1. The highest BCUT2D eigenvalue weighted by Gasteiger charge is 2.29. The number of methoxy groups -OCH3 is 1. The second-order valence-corrected chi connectivity index (χ2v) is 4.73. The molecule has 0 atom stereocenters. The summed E-state index contributed by atoms with van der Waals surface area (Å²) in [6, 6.07) is 5.09. The SMILES string of the molecule is CCCN1C(=O)/C(=C/c2cccc(OC)c2O)NC1=S. The highest BCUT2D eigenvalue weighted by Crippen LogP contribution is 2.31. The first-order valence-electron chi connectivity index (χ1n) is 6.29. The maximum absolute atomic E-state index is 12.2. The zero-order chi connectivity index (χ0) is 14.7. The summed E-state index contributed by atoms with van der Waals surface area (Å²) in [7, 11) is 1.48. The van der Waals surface area contributed by atoms with Gasteiger partial charge in [-0.2, -0.15) is 0 Å². The average Bonchev–Trinajstić information content (AvgIpc) is 2.69. The van der Waals surface area contributed by atoms with Crippen molar-refractivity contribution in [3.8, 4) is 11.5 Å². The Labute approximate surface area is 122 Å². The van der Waals surface area contributed by atoms with Gasteiger partial charge < -0.3 is 15.2 Å². The van der Waals surface area contributed by atoms with Crippen molar-refractivity contribution in [1.82, 2.24) is 10.2 Å². The van der Waals surface area contributed by atoms with Crippen LogP contribution >= 0.6 is 12.2 Å². The quantitative estimate of drug-likeness (QED) is 0.655. The van der Waals surface area contributed by atoms with E-state index in [2.05, 4.69) is 5.32 Å². The fraction of sp³-hybridized carbons (Fsp3) is 0.286. The van der Waals surface area contributed by atoms with E-state index in [4.69, 9.17) is 17.0 Å². The third kappa shape index (κ3) is 2.60. The van der Waals surface area contributed by atoms with Gasteiger partial charge in [0.05, 0.1) is 7.11 Å². The molecule has 0 spiro atoms. The van der Waals surface area contributed by atoms with Crippen molar-refractivity contribution in [2.24, 2.45) is 0 Å². The van der Waals surface area contributed by atoms with Crippen LogP contribution in [-0.2, 0) is 4.79 Å². The van der Waals surface area contributed by atoms with E-state index < -0.39 is 0 Å². The molecule has 1 saturated heterocycles. The molecule has 1 fully saturated rings. The van der Waals surface area contributed by atoms with Crippen molar-refractivity contribution >= 4 is 29.3 Å². The second kappa shape index (κ2) is 5.92. The van der Waals surface area contributed by atoms with Crippen LogP contribution in [0.25, 0.3) is 6.08 Å². The van der Waals surface area contributed by atoms with Gasteiger partial charge in [-0.15, -0.1) is 0 Å². The Balaban J connectivity index is 2.33. The maximum Gasteiger partial charge on any atom is 0.276 e.